The smallest absolute Gasteiger partial charge is 0.166 e. The van der Waals surface area contributed by atoms with Crippen molar-refractivity contribution in [3.63, 3.8) is 0 Å². The molecule has 0 N–H and O–H groups in total. The fourth-order valence-corrected chi connectivity index (χ4v) is 2.45. The Hall–Kier alpha value is -1.08. The van der Waals surface area contributed by atoms with Crippen LogP contribution in [0.25, 0.3) is 0 Å². The summed E-state index contributed by atoms with van der Waals surface area (Å²) >= 11 is 3.20. The summed E-state index contributed by atoms with van der Waals surface area (Å²) in [6, 6.07) is 6.96. The lowest BCUT2D eigenvalue weighted by molar-refractivity contribution is 0.115. The third-order valence-corrected chi connectivity index (χ3v) is 3.53. The molecular weight excluding hydrogens is 285 g/mol. The molecule has 1 fully saturated rings. The van der Waals surface area contributed by atoms with Crippen LogP contribution >= 0.6 is 15.9 Å². The summed E-state index contributed by atoms with van der Waals surface area (Å²) in [7, 11) is 0. The van der Waals surface area contributed by atoms with Crippen LogP contribution in [0.2, 0.25) is 0 Å². The molecule has 0 saturated heterocycles. The predicted octanol–water partition coefficient (Wildman–Crippen LogP) is 4.05. The second kappa shape index (κ2) is 5.50. The van der Waals surface area contributed by atoms with Crippen molar-refractivity contribution in [2.75, 3.05) is 0 Å². The van der Waals surface area contributed by atoms with E-state index in [0.29, 0.717) is 4.47 Å². The van der Waals surface area contributed by atoms with E-state index < -0.39 is 0 Å². The second-order valence-corrected chi connectivity index (χ2v) is 5.17. The molecule has 1 aromatic carbocycles. The van der Waals surface area contributed by atoms with E-state index in [1.54, 1.807) is 12.1 Å². The Labute approximate surface area is 109 Å². The lowest BCUT2D eigenvalue weighted by atomic mass is 9.87. The molecule has 2 atom stereocenters. The molecule has 0 amide bonds. The number of nitriles is 1. The van der Waals surface area contributed by atoms with Gasteiger partial charge in [0.1, 0.15) is 6.10 Å². The number of halogens is 2. The number of rotatable bonds is 2. The molecule has 90 valence electrons. The Morgan fingerprint density at radius 3 is 2.82 bits per heavy atom. The van der Waals surface area contributed by atoms with Gasteiger partial charge in [-0.1, -0.05) is 22.4 Å². The van der Waals surface area contributed by atoms with Gasteiger partial charge in [0.2, 0.25) is 0 Å². The molecular formula is C13H13BrFNO. The van der Waals surface area contributed by atoms with Crippen LogP contribution in [0, 0.1) is 23.1 Å². The standard InChI is InChI=1S/C13H13BrFNO/c14-10-5-6-13(11(15)7-10)17-12-4-2-1-3-9(12)8-16/h5-7,9,12H,1-4H2. The molecule has 0 heterocycles. The fraction of sp³-hybridized carbons (Fsp3) is 0.462. The number of nitrogens with zero attached hydrogens (tertiary/aromatic N) is 1. The Kier molecular flexibility index (Phi) is 4.01. The van der Waals surface area contributed by atoms with Crippen molar-refractivity contribution in [3.05, 3.63) is 28.5 Å². The van der Waals surface area contributed by atoms with Crippen LogP contribution in [0.15, 0.2) is 22.7 Å². The molecule has 4 heteroatoms. The number of hydrogen-bond acceptors (Lipinski definition) is 2. The summed E-state index contributed by atoms with van der Waals surface area (Å²) in [6.07, 6.45) is 3.60. The minimum atomic E-state index is -0.387. The highest BCUT2D eigenvalue weighted by Crippen LogP contribution is 2.30. The topological polar surface area (TPSA) is 33.0 Å². The van der Waals surface area contributed by atoms with Gasteiger partial charge in [-0.3, -0.25) is 0 Å². The Bertz CT molecular complexity index is 444. The van der Waals surface area contributed by atoms with E-state index in [1.165, 1.54) is 6.07 Å². The van der Waals surface area contributed by atoms with Gasteiger partial charge in [-0.2, -0.15) is 5.26 Å². The average Bonchev–Trinajstić information content (AvgIpc) is 2.33. The van der Waals surface area contributed by atoms with E-state index in [1.807, 2.05) is 0 Å². The first kappa shape index (κ1) is 12.4. The maximum atomic E-state index is 13.6. The van der Waals surface area contributed by atoms with Gasteiger partial charge in [0, 0.05) is 4.47 Å². The molecule has 1 saturated carbocycles. The molecule has 0 aliphatic heterocycles. The van der Waals surface area contributed by atoms with Crippen molar-refractivity contribution in [1.29, 1.82) is 5.26 Å². The highest BCUT2D eigenvalue weighted by Gasteiger charge is 2.27. The van der Waals surface area contributed by atoms with Crippen LogP contribution in [0.5, 0.6) is 5.75 Å². The number of benzene rings is 1. The summed E-state index contributed by atoms with van der Waals surface area (Å²) in [5, 5.41) is 9.02. The maximum absolute atomic E-state index is 13.6. The van der Waals surface area contributed by atoms with E-state index in [9.17, 15) is 4.39 Å². The molecule has 2 nitrogen and oxygen atoms in total. The minimum Gasteiger partial charge on any atom is -0.486 e. The number of hydrogen-bond donors (Lipinski definition) is 0. The highest BCUT2D eigenvalue weighted by atomic mass is 79.9. The summed E-state index contributed by atoms with van der Waals surface area (Å²) in [5.74, 6) is -0.270. The van der Waals surface area contributed by atoms with Crippen molar-refractivity contribution in [2.45, 2.75) is 31.8 Å². The van der Waals surface area contributed by atoms with Gasteiger partial charge in [0.05, 0.1) is 12.0 Å². The van der Waals surface area contributed by atoms with Crippen LogP contribution in [0.4, 0.5) is 4.39 Å². The molecule has 2 rings (SSSR count). The lowest BCUT2D eigenvalue weighted by Crippen LogP contribution is -2.29. The van der Waals surface area contributed by atoms with E-state index in [4.69, 9.17) is 10.00 Å². The number of ether oxygens (including phenoxy) is 1. The maximum Gasteiger partial charge on any atom is 0.166 e. The zero-order valence-electron chi connectivity index (χ0n) is 9.33. The summed E-state index contributed by atoms with van der Waals surface area (Å²) in [4.78, 5) is 0. The molecule has 17 heavy (non-hydrogen) atoms. The molecule has 0 spiro atoms. The van der Waals surface area contributed by atoms with Crippen LogP contribution in [-0.2, 0) is 0 Å². The Morgan fingerprint density at radius 2 is 2.12 bits per heavy atom. The third-order valence-electron chi connectivity index (χ3n) is 3.04. The first-order valence-corrected chi connectivity index (χ1v) is 6.51. The van der Waals surface area contributed by atoms with E-state index in [-0.39, 0.29) is 23.6 Å². The lowest BCUT2D eigenvalue weighted by Gasteiger charge is -2.27. The summed E-state index contributed by atoms with van der Waals surface area (Å²) in [6.45, 7) is 0. The van der Waals surface area contributed by atoms with Gasteiger partial charge in [-0.25, -0.2) is 4.39 Å². The Balaban J connectivity index is 2.11. The zero-order chi connectivity index (χ0) is 12.3. The Morgan fingerprint density at radius 1 is 1.35 bits per heavy atom. The summed E-state index contributed by atoms with van der Waals surface area (Å²) < 4.78 is 19.9. The molecule has 0 radical (unpaired) electrons. The van der Waals surface area contributed by atoms with Crippen LogP contribution in [0.1, 0.15) is 25.7 Å². The van der Waals surface area contributed by atoms with Crippen LogP contribution < -0.4 is 4.74 Å². The van der Waals surface area contributed by atoms with E-state index >= 15 is 0 Å². The molecule has 0 aromatic heterocycles. The quantitative estimate of drug-likeness (QED) is 0.825. The average molecular weight is 298 g/mol. The van der Waals surface area contributed by atoms with Gasteiger partial charge in [-0.05, 0) is 37.5 Å². The minimum absolute atomic E-state index is 0.119. The van der Waals surface area contributed by atoms with Gasteiger partial charge >= 0.3 is 0 Å². The van der Waals surface area contributed by atoms with Gasteiger partial charge in [0.15, 0.2) is 11.6 Å². The van der Waals surface area contributed by atoms with E-state index in [2.05, 4.69) is 22.0 Å². The summed E-state index contributed by atoms with van der Waals surface area (Å²) in [5.41, 5.74) is 0. The first-order valence-electron chi connectivity index (χ1n) is 5.72. The van der Waals surface area contributed by atoms with Gasteiger partial charge < -0.3 is 4.74 Å². The molecule has 2 unspecified atom stereocenters. The normalized spacial score (nSPS) is 24.1. The molecule has 1 aromatic rings. The molecule has 1 aliphatic rings. The monoisotopic (exact) mass is 297 g/mol. The second-order valence-electron chi connectivity index (χ2n) is 4.25. The van der Waals surface area contributed by atoms with Crippen LogP contribution in [-0.4, -0.2) is 6.10 Å². The highest BCUT2D eigenvalue weighted by molar-refractivity contribution is 9.10. The third kappa shape index (κ3) is 2.98. The van der Waals surface area contributed by atoms with E-state index in [0.717, 1.165) is 25.7 Å². The van der Waals surface area contributed by atoms with Gasteiger partial charge in [0.25, 0.3) is 0 Å². The van der Waals surface area contributed by atoms with Crippen molar-refractivity contribution in [3.8, 4) is 11.8 Å². The fourth-order valence-electron chi connectivity index (χ4n) is 2.12. The van der Waals surface area contributed by atoms with Crippen molar-refractivity contribution in [1.82, 2.24) is 0 Å². The molecule has 0 bridgehead atoms. The SMILES string of the molecule is N#CC1CCCCC1Oc1ccc(Br)cc1F. The van der Waals surface area contributed by atoms with Crippen molar-refractivity contribution < 1.29 is 9.13 Å². The van der Waals surface area contributed by atoms with Crippen molar-refractivity contribution >= 4 is 15.9 Å². The zero-order valence-corrected chi connectivity index (χ0v) is 10.9. The van der Waals surface area contributed by atoms with Crippen LogP contribution in [0.3, 0.4) is 0 Å². The molecule has 1 aliphatic carbocycles. The van der Waals surface area contributed by atoms with Crippen molar-refractivity contribution in [2.24, 2.45) is 5.92 Å². The first-order chi connectivity index (χ1) is 8.20. The largest absolute Gasteiger partial charge is 0.486 e. The van der Waals surface area contributed by atoms with Gasteiger partial charge in [-0.15, -0.1) is 0 Å². The predicted molar refractivity (Wildman–Crippen MR) is 66.1 cm³/mol.